The van der Waals surface area contributed by atoms with E-state index in [1.807, 2.05) is 37.3 Å². The van der Waals surface area contributed by atoms with Crippen molar-refractivity contribution >= 4 is 38.6 Å². The van der Waals surface area contributed by atoms with E-state index in [9.17, 15) is 8.42 Å². The fourth-order valence-corrected chi connectivity index (χ4v) is 5.58. The second-order valence-corrected chi connectivity index (χ2v) is 9.13. The van der Waals surface area contributed by atoms with Gasteiger partial charge < -0.3 is 4.90 Å². The van der Waals surface area contributed by atoms with E-state index in [4.69, 9.17) is 11.6 Å². The minimum atomic E-state index is -3.36. The molecule has 0 N–H and O–H groups in total. The molecule has 1 aliphatic heterocycles. The monoisotopic (exact) mass is 356 g/mol. The predicted molar refractivity (Wildman–Crippen MR) is 91.5 cm³/mol. The third kappa shape index (κ3) is 3.15. The fraction of sp³-hybridized carbons (Fsp3) is 0.333. The van der Waals surface area contributed by atoms with E-state index >= 15 is 0 Å². The summed E-state index contributed by atoms with van der Waals surface area (Å²) in [6.45, 7) is 4.24. The molecule has 0 unspecified atom stereocenters. The molecule has 0 amide bonds. The van der Waals surface area contributed by atoms with Crippen molar-refractivity contribution in [2.45, 2.75) is 11.1 Å². The molecule has 2 heterocycles. The zero-order valence-electron chi connectivity index (χ0n) is 12.2. The summed E-state index contributed by atoms with van der Waals surface area (Å²) >= 11 is 7.34. The Morgan fingerprint density at radius 2 is 1.82 bits per heavy atom. The van der Waals surface area contributed by atoms with Gasteiger partial charge in [-0.1, -0.05) is 17.7 Å². The topological polar surface area (TPSA) is 40.6 Å². The Morgan fingerprint density at radius 1 is 1.09 bits per heavy atom. The van der Waals surface area contributed by atoms with Gasteiger partial charge in [0.2, 0.25) is 0 Å². The molecule has 4 nitrogen and oxygen atoms in total. The number of halogens is 1. The number of anilines is 1. The number of hydrogen-bond donors (Lipinski definition) is 0. The van der Waals surface area contributed by atoms with E-state index in [2.05, 4.69) is 4.90 Å². The van der Waals surface area contributed by atoms with E-state index in [-0.39, 0.29) is 0 Å². The van der Waals surface area contributed by atoms with E-state index in [0.717, 1.165) is 10.6 Å². The van der Waals surface area contributed by atoms with Crippen molar-refractivity contribution in [2.24, 2.45) is 0 Å². The molecule has 0 spiro atoms. The van der Waals surface area contributed by atoms with Gasteiger partial charge in [-0.3, -0.25) is 0 Å². The van der Waals surface area contributed by atoms with Crippen LogP contribution < -0.4 is 4.90 Å². The molecule has 1 aromatic heterocycles. The van der Waals surface area contributed by atoms with Crippen LogP contribution in [0.5, 0.6) is 0 Å². The molecule has 118 valence electrons. The Bertz CT molecular complexity index is 765. The molecule has 1 fully saturated rings. The molecule has 1 saturated heterocycles. The summed E-state index contributed by atoms with van der Waals surface area (Å²) in [6.07, 6.45) is 0. The maximum Gasteiger partial charge on any atom is 0.252 e. The smallest absolute Gasteiger partial charge is 0.252 e. The lowest BCUT2D eigenvalue weighted by atomic mass is 10.2. The first-order valence-electron chi connectivity index (χ1n) is 7.04. The SMILES string of the molecule is Cc1ccc(S(=O)(=O)N2CCN(c3cccc(Cl)c3)CC2)s1. The molecule has 0 saturated carbocycles. The number of nitrogens with zero attached hydrogens (tertiary/aromatic N) is 2. The third-order valence-corrected chi connectivity index (χ3v) is 7.32. The van der Waals surface area contributed by atoms with Gasteiger partial charge in [0, 0.05) is 41.8 Å². The summed E-state index contributed by atoms with van der Waals surface area (Å²) in [6, 6.07) is 11.2. The Morgan fingerprint density at radius 3 is 2.41 bits per heavy atom. The molecule has 7 heteroatoms. The first-order valence-corrected chi connectivity index (χ1v) is 9.67. The van der Waals surface area contributed by atoms with Gasteiger partial charge in [-0.15, -0.1) is 11.3 Å². The van der Waals surface area contributed by atoms with Crippen molar-refractivity contribution in [3.05, 3.63) is 46.3 Å². The normalized spacial score (nSPS) is 16.9. The van der Waals surface area contributed by atoms with Gasteiger partial charge in [-0.25, -0.2) is 8.42 Å². The molecular weight excluding hydrogens is 340 g/mol. The predicted octanol–water partition coefficient (Wildman–Crippen LogP) is 3.22. The van der Waals surface area contributed by atoms with Crippen LogP contribution in [-0.2, 0) is 10.0 Å². The highest BCUT2D eigenvalue weighted by molar-refractivity contribution is 7.91. The average molecular weight is 357 g/mol. The standard InChI is InChI=1S/C15H17ClN2O2S2/c1-12-5-6-15(21-12)22(19,20)18-9-7-17(8-10-18)14-4-2-3-13(16)11-14/h2-6,11H,7-10H2,1H3. The first-order chi connectivity index (χ1) is 10.5. The van der Waals surface area contributed by atoms with Crippen molar-refractivity contribution in [2.75, 3.05) is 31.1 Å². The van der Waals surface area contributed by atoms with E-state index in [0.29, 0.717) is 35.4 Å². The van der Waals surface area contributed by atoms with Crippen molar-refractivity contribution in [1.29, 1.82) is 0 Å². The summed E-state index contributed by atoms with van der Waals surface area (Å²) < 4.78 is 27.2. The second kappa shape index (κ2) is 6.20. The third-order valence-electron chi connectivity index (χ3n) is 3.72. The Balaban J connectivity index is 1.72. The number of rotatable bonds is 3. The van der Waals surface area contributed by atoms with E-state index < -0.39 is 10.0 Å². The van der Waals surface area contributed by atoms with Gasteiger partial charge in [-0.2, -0.15) is 4.31 Å². The van der Waals surface area contributed by atoms with Crippen LogP contribution in [0, 0.1) is 6.92 Å². The van der Waals surface area contributed by atoms with Crippen LogP contribution >= 0.6 is 22.9 Å². The number of benzene rings is 1. The van der Waals surface area contributed by atoms with Crippen LogP contribution in [0.25, 0.3) is 0 Å². The number of aryl methyl sites for hydroxylation is 1. The molecular formula is C15H17ClN2O2S2. The van der Waals surface area contributed by atoms with Crippen molar-refractivity contribution in [3.8, 4) is 0 Å². The van der Waals surface area contributed by atoms with Gasteiger partial charge in [0.15, 0.2) is 0 Å². The first kappa shape index (κ1) is 15.8. The largest absolute Gasteiger partial charge is 0.369 e. The quantitative estimate of drug-likeness (QED) is 0.847. The Kier molecular flexibility index (Phi) is 4.45. The van der Waals surface area contributed by atoms with Gasteiger partial charge >= 0.3 is 0 Å². The summed E-state index contributed by atoms with van der Waals surface area (Å²) in [5.41, 5.74) is 1.04. The molecule has 0 bridgehead atoms. The second-order valence-electron chi connectivity index (χ2n) is 5.24. The number of hydrogen-bond acceptors (Lipinski definition) is 4. The highest BCUT2D eigenvalue weighted by atomic mass is 35.5. The highest BCUT2D eigenvalue weighted by Crippen LogP contribution is 2.26. The minimum Gasteiger partial charge on any atom is -0.369 e. The molecule has 1 aliphatic rings. The van der Waals surface area contributed by atoms with Gasteiger partial charge in [0.25, 0.3) is 10.0 Å². The van der Waals surface area contributed by atoms with Crippen LogP contribution in [0.3, 0.4) is 0 Å². The van der Waals surface area contributed by atoms with Crippen molar-refractivity contribution in [3.63, 3.8) is 0 Å². The lowest BCUT2D eigenvalue weighted by Gasteiger charge is -2.35. The Hall–Kier alpha value is -1.08. The summed E-state index contributed by atoms with van der Waals surface area (Å²) in [7, 11) is -3.36. The van der Waals surface area contributed by atoms with Gasteiger partial charge in [0.05, 0.1) is 0 Å². The molecule has 22 heavy (non-hydrogen) atoms. The lowest BCUT2D eigenvalue weighted by Crippen LogP contribution is -2.48. The van der Waals surface area contributed by atoms with Gasteiger partial charge in [-0.05, 0) is 37.3 Å². The zero-order chi connectivity index (χ0) is 15.7. The van der Waals surface area contributed by atoms with Gasteiger partial charge in [0.1, 0.15) is 4.21 Å². The molecule has 0 atom stereocenters. The molecule has 1 aromatic carbocycles. The van der Waals surface area contributed by atoms with E-state index in [1.54, 1.807) is 10.4 Å². The van der Waals surface area contributed by atoms with Crippen LogP contribution in [0.15, 0.2) is 40.6 Å². The van der Waals surface area contributed by atoms with Crippen LogP contribution in [0.2, 0.25) is 5.02 Å². The zero-order valence-corrected chi connectivity index (χ0v) is 14.6. The average Bonchev–Trinajstić information content (AvgIpc) is 2.95. The summed E-state index contributed by atoms with van der Waals surface area (Å²) in [4.78, 5) is 3.17. The molecule has 0 aliphatic carbocycles. The summed E-state index contributed by atoms with van der Waals surface area (Å²) in [5.74, 6) is 0. The molecule has 2 aromatic rings. The number of thiophene rings is 1. The molecule has 3 rings (SSSR count). The fourth-order valence-electron chi connectivity index (χ4n) is 2.54. The maximum atomic E-state index is 12.6. The summed E-state index contributed by atoms with van der Waals surface area (Å²) in [5, 5.41) is 0.696. The van der Waals surface area contributed by atoms with E-state index in [1.165, 1.54) is 11.3 Å². The number of piperazine rings is 1. The lowest BCUT2D eigenvalue weighted by molar-refractivity contribution is 0.386. The Labute approximate surface area is 140 Å². The van der Waals surface area contributed by atoms with Crippen molar-refractivity contribution in [1.82, 2.24) is 4.31 Å². The van der Waals surface area contributed by atoms with Crippen LogP contribution in [0.4, 0.5) is 5.69 Å². The maximum absolute atomic E-state index is 12.6. The minimum absolute atomic E-state index is 0.432. The van der Waals surface area contributed by atoms with Crippen LogP contribution in [0.1, 0.15) is 4.88 Å². The number of sulfonamides is 1. The van der Waals surface area contributed by atoms with Crippen molar-refractivity contribution < 1.29 is 8.42 Å². The highest BCUT2D eigenvalue weighted by Gasteiger charge is 2.29. The van der Waals surface area contributed by atoms with Crippen LogP contribution in [-0.4, -0.2) is 38.9 Å². The molecule has 0 radical (unpaired) electrons.